The number of carbonyl (C=O) groups excluding carboxylic acids is 1. The Kier molecular flexibility index (Phi) is 5.26. The highest BCUT2D eigenvalue weighted by molar-refractivity contribution is 5.73. The number of nitrogens with zero attached hydrogens (tertiary/aromatic N) is 2. The van der Waals surface area contributed by atoms with E-state index in [0.29, 0.717) is 19.5 Å². The molecule has 0 bridgehead atoms. The number of urea groups is 1. The monoisotopic (exact) mass is 287 g/mol. The molecule has 0 aliphatic rings. The lowest BCUT2D eigenvalue weighted by atomic mass is 10.1. The first kappa shape index (κ1) is 15.0. The van der Waals surface area contributed by atoms with Gasteiger partial charge in [0.05, 0.1) is 12.2 Å². The molecular weight excluding hydrogens is 269 g/mol. The van der Waals surface area contributed by atoms with E-state index in [2.05, 4.69) is 10.3 Å². The molecule has 1 aromatic heterocycles. The highest BCUT2D eigenvalue weighted by Crippen LogP contribution is 2.04. The van der Waals surface area contributed by atoms with Crippen LogP contribution < -0.4 is 5.32 Å². The SMILES string of the molecule is CN(Cc1ccccn1)C(=O)NCCc1cccc(F)c1. The van der Waals surface area contributed by atoms with Gasteiger partial charge >= 0.3 is 6.03 Å². The largest absolute Gasteiger partial charge is 0.338 e. The Morgan fingerprint density at radius 1 is 1.29 bits per heavy atom. The maximum absolute atomic E-state index is 13.0. The van der Waals surface area contributed by atoms with E-state index in [-0.39, 0.29) is 11.8 Å². The lowest BCUT2D eigenvalue weighted by Crippen LogP contribution is -2.37. The number of hydrogen-bond acceptors (Lipinski definition) is 2. The van der Waals surface area contributed by atoms with Gasteiger partial charge < -0.3 is 10.2 Å². The molecule has 21 heavy (non-hydrogen) atoms. The first-order chi connectivity index (χ1) is 10.1. The van der Waals surface area contributed by atoms with Crippen molar-refractivity contribution in [1.82, 2.24) is 15.2 Å². The van der Waals surface area contributed by atoms with E-state index in [1.165, 1.54) is 12.1 Å². The Morgan fingerprint density at radius 3 is 2.86 bits per heavy atom. The lowest BCUT2D eigenvalue weighted by Gasteiger charge is -2.17. The number of hydrogen-bond donors (Lipinski definition) is 1. The Morgan fingerprint density at radius 2 is 2.14 bits per heavy atom. The Labute approximate surface area is 123 Å². The van der Waals surface area contributed by atoms with Crippen LogP contribution in [0.1, 0.15) is 11.3 Å². The number of halogens is 1. The molecule has 5 heteroatoms. The van der Waals surface area contributed by atoms with Crippen LogP contribution in [0.25, 0.3) is 0 Å². The summed E-state index contributed by atoms with van der Waals surface area (Å²) >= 11 is 0. The van der Waals surface area contributed by atoms with Gasteiger partial charge in [-0.1, -0.05) is 18.2 Å². The van der Waals surface area contributed by atoms with Gasteiger partial charge in [-0.15, -0.1) is 0 Å². The molecule has 0 atom stereocenters. The number of pyridine rings is 1. The summed E-state index contributed by atoms with van der Waals surface area (Å²) < 4.78 is 13.0. The summed E-state index contributed by atoms with van der Waals surface area (Å²) in [6.45, 7) is 0.918. The van der Waals surface area contributed by atoms with Crippen LogP contribution >= 0.6 is 0 Å². The first-order valence-electron chi connectivity index (χ1n) is 6.78. The second-order valence-corrected chi connectivity index (χ2v) is 4.79. The van der Waals surface area contributed by atoms with E-state index in [1.807, 2.05) is 24.3 Å². The topological polar surface area (TPSA) is 45.2 Å². The molecule has 2 amide bonds. The molecule has 1 N–H and O–H groups in total. The molecule has 0 aliphatic carbocycles. The quantitative estimate of drug-likeness (QED) is 0.918. The molecule has 0 radical (unpaired) electrons. The summed E-state index contributed by atoms with van der Waals surface area (Å²) in [6.07, 6.45) is 2.30. The van der Waals surface area contributed by atoms with E-state index >= 15 is 0 Å². The third kappa shape index (κ3) is 4.87. The van der Waals surface area contributed by atoms with Crippen LogP contribution in [0, 0.1) is 5.82 Å². The molecule has 1 aromatic carbocycles. The maximum atomic E-state index is 13.0. The molecule has 0 saturated heterocycles. The fourth-order valence-corrected chi connectivity index (χ4v) is 1.95. The van der Waals surface area contributed by atoms with Crippen LogP contribution in [0.4, 0.5) is 9.18 Å². The average molecular weight is 287 g/mol. The molecule has 110 valence electrons. The molecule has 1 heterocycles. The highest BCUT2D eigenvalue weighted by Gasteiger charge is 2.08. The number of carbonyl (C=O) groups is 1. The predicted octanol–water partition coefficient (Wildman–Crippen LogP) is 2.60. The van der Waals surface area contributed by atoms with Gasteiger partial charge in [0.2, 0.25) is 0 Å². The van der Waals surface area contributed by atoms with Gasteiger partial charge in [0.25, 0.3) is 0 Å². The van der Waals surface area contributed by atoms with Gasteiger partial charge in [-0.2, -0.15) is 0 Å². The molecule has 2 aromatic rings. The zero-order chi connectivity index (χ0) is 15.1. The average Bonchev–Trinajstić information content (AvgIpc) is 2.48. The van der Waals surface area contributed by atoms with E-state index in [4.69, 9.17) is 0 Å². The first-order valence-corrected chi connectivity index (χ1v) is 6.78. The lowest BCUT2D eigenvalue weighted by molar-refractivity contribution is 0.206. The minimum atomic E-state index is -0.258. The summed E-state index contributed by atoms with van der Waals surface area (Å²) in [5.41, 5.74) is 1.70. The molecule has 4 nitrogen and oxygen atoms in total. The fourth-order valence-electron chi connectivity index (χ4n) is 1.95. The number of aromatic nitrogens is 1. The molecule has 0 spiro atoms. The van der Waals surface area contributed by atoms with E-state index in [9.17, 15) is 9.18 Å². The van der Waals surface area contributed by atoms with Crippen LogP contribution in [0.5, 0.6) is 0 Å². The van der Waals surface area contributed by atoms with E-state index in [0.717, 1.165) is 11.3 Å². The second-order valence-electron chi connectivity index (χ2n) is 4.79. The normalized spacial score (nSPS) is 10.2. The maximum Gasteiger partial charge on any atom is 0.317 e. The molecule has 0 fully saturated rings. The summed E-state index contributed by atoms with van der Waals surface area (Å²) in [7, 11) is 1.71. The Balaban J connectivity index is 1.76. The van der Waals surface area contributed by atoms with Gasteiger partial charge in [0, 0.05) is 19.8 Å². The highest BCUT2D eigenvalue weighted by atomic mass is 19.1. The van der Waals surface area contributed by atoms with E-state index < -0.39 is 0 Å². The van der Waals surface area contributed by atoms with Crippen LogP contribution in [-0.4, -0.2) is 29.5 Å². The Hall–Kier alpha value is -2.43. The van der Waals surface area contributed by atoms with Crippen molar-refractivity contribution in [2.24, 2.45) is 0 Å². The zero-order valence-corrected chi connectivity index (χ0v) is 11.9. The smallest absolute Gasteiger partial charge is 0.317 e. The van der Waals surface area contributed by atoms with Gasteiger partial charge in [0.15, 0.2) is 0 Å². The van der Waals surface area contributed by atoms with Crippen molar-refractivity contribution >= 4 is 6.03 Å². The molecule has 0 aliphatic heterocycles. The molecular formula is C16H18FN3O. The fraction of sp³-hybridized carbons (Fsp3) is 0.250. The Bertz CT molecular complexity index is 589. The van der Waals surface area contributed by atoms with Crippen molar-refractivity contribution in [3.8, 4) is 0 Å². The van der Waals surface area contributed by atoms with Crippen LogP contribution in [-0.2, 0) is 13.0 Å². The number of amides is 2. The number of rotatable bonds is 5. The number of nitrogens with one attached hydrogen (secondary N) is 1. The van der Waals surface area contributed by atoms with Crippen molar-refractivity contribution in [2.45, 2.75) is 13.0 Å². The van der Waals surface area contributed by atoms with Gasteiger partial charge in [0.1, 0.15) is 5.82 Å². The van der Waals surface area contributed by atoms with Crippen molar-refractivity contribution < 1.29 is 9.18 Å². The van der Waals surface area contributed by atoms with Crippen molar-refractivity contribution in [1.29, 1.82) is 0 Å². The van der Waals surface area contributed by atoms with Crippen molar-refractivity contribution in [3.05, 3.63) is 65.7 Å². The zero-order valence-electron chi connectivity index (χ0n) is 11.9. The minimum Gasteiger partial charge on any atom is -0.338 e. The summed E-state index contributed by atoms with van der Waals surface area (Å²) in [6, 6.07) is 11.8. The van der Waals surface area contributed by atoms with Crippen LogP contribution in [0.15, 0.2) is 48.7 Å². The summed E-state index contributed by atoms with van der Waals surface area (Å²) in [4.78, 5) is 17.7. The number of benzene rings is 1. The van der Waals surface area contributed by atoms with E-state index in [1.54, 1.807) is 24.2 Å². The summed E-state index contributed by atoms with van der Waals surface area (Å²) in [5, 5.41) is 2.81. The molecule has 0 unspecified atom stereocenters. The van der Waals surface area contributed by atoms with Crippen LogP contribution in [0.3, 0.4) is 0 Å². The minimum absolute atomic E-state index is 0.169. The molecule has 0 saturated carbocycles. The summed E-state index contributed by atoms with van der Waals surface area (Å²) in [5.74, 6) is -0.258. The van der Waals surface area contributed by atoms with Crippen LogP contribution in [0.2, 0.25) is 0 Å². The molecule has 2 rings (SSSR count). The standard InChI is InChI=1S/C16H18FN3O/c1-20(12-15-7-2-3-9-18-15)16(21)19-10-8-13-5-4-6-14(17)11-13/h2-7,9,11H,8,10,12H2,1H3,(H,19,21). The third-order valence-electron chi connectivity index (χ3n) is 3.05. The van der Waals surface area contributed by atoms with Gasteiger partial charge in [-0.05, 0) is 36.2 Å². The van der Waals surface area contributed by atoms with Crippen molar-refractivity contribution in [3.63, 3.8) is 0 Å². The van der Waals surface area contributed by atoms with Gasteiger partial charge in [-0.25, -0.2) is 9.18 Å². The van der Waals surface area contributed by atoms with Gasteiger partial charge in [-0.3, -0.25) is 4.98 Å². The van der Waals surface area contributed by atoms with Crippen molar-refractivity contribution in [2.75, 3.05) is 13.6 Å². The predicted molar refractivity (Wildman–Crippen MR) is 79.2 cm³/mol. The second kappa shape index (κ2) is 7.38. The third-order valence-corrected chi connectivity index (χ3v) is 3.05.